The number of aromatic nitrogens is 3. The summed E-state index contributed by atoms with van der Waals surface area (Å²) in [5.74, 6) is -0.694. The van der Waals surface area contributed by atoms with Gasteiger partial charge in [-0.25, -0.2) is 9.48 Å². The van der Waals surface area contributed by atoms with Gasteiger partial charge in [0.2, 0.25) is 0 Å². The quantitative estimate of drug-likeness (QED) is 0.863. The van der Waals surface area contributed by atoms with E-state index in [-0.39, 0.29) is 11.3 Å². The Labute approximate surface area is 106 Å². The third-order valence-electron chi connectivity index (χ3n) is 2.78. The lowest BCUT2D eigenvalue weighted by molar-refractivity contribution is -0.00833. The monoisotopic (exact) mass is 253 g/mol. The van der Waals surface area contributed by atoms with Crippen LogP contribution < -0.4 is 0 Å². The highest BCUT2D eigenvalue weighted by atomic mass is 16.5. The minimum Gasteiger partial charge on any atom is -0.476 e. The van der Waals surface area contributed by atoms with E-state index < -0.39 is 5.97 Å². The Kier molecular flexibility index (Phi) is 3.38. The van der Waals surface area contributed by atoms with Gasteiger partial charge in [0.05, 0.1) is 24.4 Å². The van der Waals surface area contributed by atoms with Crippen LogP contribution >= 0.6 is 0 Å². The Morgan fingerprint density at radius 1 is 1.50 bits per heavy atom. The molecule has 1 saturated carbocycles. The van der Waals surface area contributed by atoms with Gasteiger partial charge >= 0.3 is 5.97 Å². The van der Waals surface area contributed by atoms with Gasteiger partial charge in [0.1, 0.15) is 0 Å². The molecule has 1 aromatic rings. The van der Waals surface area contributed by atoms with Crippen molar-refractivity contribution >= 4 is 5.97 Å². The average molecular weight is 253 g/mol. The van der Waals surface area contributed by atoms with Crippen molar-refractivity contribution in [2.45, 2.75) is 51.7 Å². The molecule has 6 nitrogen and oxygen atoms in total. The Balaban J connectivity index is 2.06. The van der Waals surface area contributed by atoms with Crippen LogP contribution in [-0.2, 0) is 11.3 Å². The smallest absolute Gasteiger partial charge is 0.358 e. The van der Waals surface area contributed by atoms with Crippen LogP contribution in [-0.4, -0.2) is 38.3 Å². The third-order valence-corrected chi connectivity index (χ3v) is 2.78. The fraction of sp³-hybridized carbons (Fsp3) is 0.750. The minimum absolute atomic E-state index is 0.0910. The second-order valence-electron chi connectivity index (χ2n) is 5.59. The molecule has 0 radical (unpaired) electrons. The lowest BCUT2D eigenvalue weighted by atomic mass is 10.2. The van der Waals surface area contributed by atoms with Gasteiger partial charge < -0.3 is 9.84 Å². The molecule has 0 amide bonds. The molecule has 0 saturated heterocycles. The number of ether oxygens (including phenoxy) is 1. The Hall–Kier alpha value is -1.43. The zero-order chi connectivity index (χ0) is 13.3. The maximum Gasteiger partial charge on any atom is 0.358 e. The zero-order valence-corrected chi connectivity index (χ0v) is 11.0. The van der Waals surface area contributed by atoms with Crippen molar-refractivity contribution in [3.63, 3.8) is 0 Å². The number of carboxylic acid groups (broad SMARTS) is 1. The molecule has 1 fully saturated rings. The Morgan fingerprint density at radius 2 is 2.17 bits per heavy atom. The number of aromatic carboxylic acids is 1. The zero-order valence-electron chi connectivity index (χ0n) is 11.0. The average Bonchev–Trinajstić information content (AvgIpc) is 2.98. The fourth-order valence-electron chi connectivity index (χ4n) is 1.84. The van der Waals surface area contributed by atoms with Crippen molar-refractivity contribution in [3.05, 3.63) is 11.4 Å². The lowest BCUT2D eigenvalue weighted by Crippen LogP contribution is -2.22. The van der Waals surface area contributed by atoms with Crippen LogP contribution in [0.4, 0.5) is 0 Å². The molecule has 1 aliphatic carbocycles. The van der Waals surface area contributed by atoms with E-state index in [1.54, 1.807) is 4.68 Å². The van der Waals surface area contributed by atoms with Crippen molar-refractivity contribution in [3.8, 4) is 0 Å². The molecule has 2 rings (SSSR count). The van der Waals surface area contributed by atoms with Crippen LogP contribution in [0.25, 0.3) is 0 Å². The summed E-state index contributed by atoms with van der Waals surface area (Å²) in [7, 11) is 0. The fourth-order valence-corrected chi connectivity index (χ4v) is 1.84. The SMILES string of the molecule is CC(C)(C)OCCn1nnc(C(=O)O)c1C1CC1. The summed E-state index contributed by atoms with van der Waals surface area (Å²) < 4.78 is 7.30. The molecular weight excluding hydrogens is 234 g/mol. The summed E-state index contributed by atoms with van der Waals surface area (Å²) in [5.41, 5.74) is 0.643. The van der Waals surface area contributed by atoms with Gasteiger partial charge in [-0.2, -0.15) is 0 Å². The van der Waals surface area contributed by atoms with Gasteiger partial charge in [0, 0.05) is 5.92 Å². The van der Waals surface area contributed by atoms with Crippen molar-refractivity contribution in [2.24, 2.45) is 0 Å². The molecule has 0 bridgehead atoms. The van der Waals surface area contributed by atoms with E-state index in [2.05, 4.69) is 10.3 Å². The second kappa shape index (κ2) is 4.68. The van der Waals surface area contributed by atoms with E-state index in [4.69, 9.17) is 9.84 Å². The molecule has 0 spiro atoms. The van der Waals surface area contributed by atoms with E-state index in [1.807, 2.05) is 20.8 Å². The van der Waals surface area contributed by atoms with Crippen molar-refractivity contribution in [2.75, 3.05) is 6.61 Å². The number of hydrogen-bond acceptors (Lipinski definition) is 4. The van der Waals surface area contributed by atoms with Crippen LogP contribution in [0.2, 0.25) is 0 Å². The van der Waals surface area contributed by atoms with Crippen LogP contribution in [0, 0.1) is 0 Å². The predicted octanol–water partition coefficient (Wildman–Crippen LogP) is 1.67. The van der Waals surface area contributed by atoms with Crippen molar-refractivity contribution in [1.29, 1.82) is 0 Å². The molecule has 1 heterocycles. The van der Waals surface area contributed by atoms with Gasteiger partial charge in [0.15, 0.2) is 5.69 Å². The molecule has 18 heavy (non-hydrogen) atoms. The molecule has 0 unspecified atom stereocenters. The molecule has 0 aromatic carbocycles. The molecule has 1 aliphatic rings. The second-order valence-corrected chi connectivity index (χ2v) is 5.59. The highest BCUT2D eigenvalue weighted by Crippen LogP contribution is 2.41. The number of rotatable bonds is 5. The van der Waals surface area contributed by atoms with Crippen molar-refractivity contribution in [1.82, 2.24) is 15.0 Å². The topological polar surface area (TPSA) is 77.2 Å². The number of nitrogens with zero attached hydrogens (tertiary/aromatic N) is 3. The summed E-state index contributed by atoms with van der Waals surface area (Å²) in [6.07, 6.45) is 2.04. The Bertz CT molecular complexity index is 444. The number of carboxylic acids is 1. The highest BCUT2D eigenvalue weighted by Gasteiger charge is 2.33. The summed E-state index contributed by atoms with van der Waals surface area (Å²) in [6, 6.07) is 0. The number of hydrogen-bond donors (Lipinski definition) is 1. The molecular formula is C12H19N3O3. The molecule has 1 aromatic heterocycles. The van der Waals surface area contributed by atoms with E-state index in [9.17, 15) is 4.79 Å². The summed E-state index contributed by atoms with van der Waals surface area (Å²) in [5, 5.41) is 16.7. The van der Waals surface area contributed by atoms with Crippen LogP contribution in [0.15, 0.2) is 0 Å². The third kappa shape index (κ3) is 3.07. The minimum atomic E-state index is -1.00. The van der Waals surface area contributed by atoms with E-state index >= 15 is 0 Å². The van der Waals surface area contributed by atoms with E-state index in [0.717, 1.165) is 18.5 Å². The van der Waals surface area contributed by atoms with Gasteiger partial charge in [-0.3, -0.25) is 0 Å². The first-order chi connectivity index (χ1) is 8.38. The summed E-state index contributed by atoms with van der Waals surface area (Å²) in [6.45, 7) is 7.01. The first kappa shape index (κ1) is 13.0. The van der Waals surface area contributed by atoms with Crippen LogP contribution in [0.1, 0.15) is 55.7 Å². The van der Waals surface area contributed by atoms with Crippen LogP contribution in [0.3, 0.4) is 0 Å². The molecule has 0 atom stereocenters. The van der Waals surface area contributed by atoms with E-state index in [1.165, 1.54) is 0 Å². The standard InChI is InChI=1S/C12H19N3O3/c1-12(2,3)18-7-6-15-10(8-4-5-8)9(11(16)17)13-14-15/h8H,4-7H2,1-3H3,(H,16,17). The summed E-state index contributed by atoms with van der Waals surface area (Å²) >= 11 is 0. The first-order valence-corrected chi connectivity index (χ1v) is 6.19. The molecule has 0 aliphatic heterocycles. The predicted molar refractivity (Wildman–Crippen MR) is 64.7 cm³/mol. The van der Waals surface area contributed by atoms with Gasteiger partial charge in [-0.15, -0.1) is 5.10 Å². The number of carbonyl (C=O) groups is 1. The Morgan fingerprint density at radius 3 is 2.67 bits per heavy atom. The molecule has 6 heteroatoms. The first-order valence-electron chi connectivity index (χ1n) is 6.19. The van der Waals surface area contributed by atoms with Gasteiger partial charge in [0.25, 0.3) is 0 Å². The van der Waals surface area contributed by atoms with Gasteiger partial charge in [-0.1, -0.05) is 5.21 Å². The lowest BCUT2D eigenvalue weighted by Gasteiger charge is -2.19. The van der Waals surface area contributed by atoms with Crippen molar-refractivity contribution < 1.29 is 14.6 Å². The molecule has 1 N–H and O–H groups in total. The highest BCUT2D eigenvalue weighted by molar-refractivity contribution is 5.86. The maximum absolute atomic E-state index is 11.1. The van der Waals surface area contributed by atoms with Crippen LogP contribution in [0.5, 0.6) is 0 Å². The molecule has 100 valence electrons. The largest absolute Gasteiger partial charge is 0.476 e. The normalized spacial score (nSPS) is 15.9. The summed E-state index contributed by atoms with van der Waals surface area (Å²) in [4.78, 5) is 11.1. The maximum atomic E-state index is 11.1. The van der Waals surface area contributed by atoms with E-state index in [0.29, 0.717) is 19.1 Å². The van der Waals surface area contributed by atoms with Gasteiger partial charge in [-0.05, 0) is 33.6 Å².